The minimum absolute atomic E-state index is 1.19. The van der Waals surface area contributed by atoms with Crippen molar-refractivity contribution < 1.29 is 11.6 Å². The van der Waals surface area contributed by atoms with E-state index in [0.717, 1.165) is 0 Å². The maximum atomic E-state index is 2.41. The Morgan fingerprint density at radius 1 is 0.722 bits per heavy atom. The summed E-state index contributed by atoms with van der Waals surface area (Å²) < 4.78 is 1.66. The van der Waals surface area contributed by atoms with Crippen LogP contribution in [0.3, 0.4) is 0 Å². The number of hydrogen-bond acceptors (Lipinski definition) is 0. The van der Waals surface area contributed by atoms with Crippen molar-refractivity contribution in [2.45, 2.75) is 55.5 Å². The number of allylic oxidation sites excluding steroid dienone is 8. The molecule has 0 aliphatic heterocycles. The molecule has 2 rings (SSSR count). The average molecular weight is 292 g/mol. The molecule has 0 heterocycles. The van der Waals surface area contributed by atoms with Gasteiger partial charge >= 0.3 is 64.2 Å². The minimum atomic E-state index is -1.37. The zero-order valence-electron chi connectivity index (χ0n) is 12.4. The van der Waals surface area contributed by atoms with Crippen molar-refractivity contribution in [2.75, 3.05) is 0 Å². The molecule has 0 aromatic heterocycles. The fourth-order valence-electron chi connectivity index (χ4n) is 1.76. The zero-order chi connectivity index (χ0) is 13.5. The van der Waals surface area contributed by atoms with Gasteiger partial charge in [0.15, 0.2) is 0 Å². The molecule has 0 atom stereocenters. The van der Waals surface area contributed by atoms with E-state index in [-0.39, 0.29) is 0 Å². The van der Waals surface area contributed by atoms with E-state index in [0.29, 0.717) is 0 Å². The fourth-order valence-corrected chi connectivity index (χ4v) is 3.53. The molecule has 106 valence electrons. The molecular weight excluding hydrogens is 263 g/mol. The molecule has 0 nitrogen and oxygen atoms in total. The summed E-state index contributed by atoms with van der Waals surface area (Å²) >= 11 is -1.37. The Morgan fingerprint density at radius 3 is 1.39 bits per heavy atom. The van der Waals surface area contributed by atoms with Gasteiger partial charge in [-0.1, -0.05) is 24.3 Å². The summed E-state index contributed by atoms with van der Waals surface area (Å²) in [6.45, 7) is 0. The topological polar surface area (TPSA) is 0 Å². The van der Waals surface area contributed by atoms with E-state index < -0.39 is 11.6 Å². The van der Waals surface area contributed by atoms with Gasteiger partial charge in [0, 0.05) is 0 Å². The van der Waals surface area contributed by atoms with Gasteiger partial charge in [0.2, 0.25) is 0 Å². The van der Waals surface area contributed by atoms with Crippen molar-refractivity contribution in [3.05, 3.63) is 47.0 Å². The van der Waals surface area contributed by atoms with Gasteiger partial charge < -0.3 is 0 Å². The van der Waals surface area contributed by atoms with Crippen LogP contribution in [0.5, 0.6) is 0 Å². The Labute approximate surface area is 114 Å². The van der Waals surface area contributed by atoms with Crippen LogP contribution in [0.1, 0.15) is 32.1 Å². The predicted molar refractivity (Wildman–Crippen MR) is 82.0 cm³/mol. The molecule has 0 unspecified atom stereocenters. The zero-order valence-corrected chi connectivity index (χ0v) is 13.5. The van der Waals surface area contributed by atoms with E-state index >= 15 is 0 Å². The molecule has 2 aliphatic rings. The third-order valence-electron chi connectivity index (χ3n) is 2.90. The molecule has 0 radical (unpaired) electrons. The summed E-state index contributed by atoms with van der Waals surface area (Å²) in [5.41, 5.74) is 0. The molecule has 0 aromatic rings. The fraction of sp³-hybridized carbons (Fsp3) is 0.529. The van der Waals surface area contributed by atoms with Gasteiger partial charge in [0.25, 0.3) is 0 Å². The molecule has 0 aromatic carbocycles. The number of rotatable bonds is 1. The molecule has 18 heavy (non-hydrogen) atoms. The summed E-state index contributed by atoms with van der Waals surface area (Å²) in [6, 6.07) is 0. The Hall–Kier alpha value is -0.534. The quantitative estimate of drug-likeness (QED) is 0.491. The SMILES string of the molecule is C1=C\CC/C=C\CC/1.[CH3][Co]([CH3])([CH3])([CH3])[C]1=CC=CC1. The Bertz CT molecular complexity index is 337. The van der Waals surface area contributed by atoms with Crippen LogP contribution in [-0.2, 0) is 11.6 Å². The van der Waals surface area contributed by atoms with Gasteiger partial charge in [-0.15, -0.1) is 0 Å². The molecule has 0 saturated heterocycles. The van der Waals surface area contributed by atoms with Gasteiger partial charge in [-0.25, -0.2) is 0 Å². The second kappa shape index (κ2) is 6.58. The third kappa shape index (κ3) is 6.41. The van der Waals surface area contributed by atoms with Crippen LogP contribution in [-0.4, -0.2) is 0 Å². The first-order valence-electron chi connectivity index (χ1n) is 6.52. The number of hydrogen-bond donors (Lipinski definition) is 0. The Morgan fingerprint density at radius 2 is 1.17 bits per heavy atom. The van der Waals surface area contributed by atoms with Crippen molar-refractivity contribution in [2.24, 2.45) is 0 Å². The van der Waals surface area contributed by atoms with Crippen molar-refractivity contribution >= 4 is 0 Å². The van der Waals surface area contributed by atoms with Crippen molar-refractivity contribution in [1.82, 2.24) is 0 Å². The van der Waals surface area contributed by atoms with Crippen LogP contribution in [0.25, 0.3) is 0 Å². The van der Waals surface area contributed by atoms with Crippen LogP contribution in [0, 0.1) is 0 Å². The molecular formula is C17H29Co. The first-order valence-corrected chi connectivity index (χ1v) is 11.2. The first kappa shape index (κ1) is 15.5. The summed E-state index contributed by atoms with van der Waals surface area (Å²) in [6.07, 6.45) is 21.9. The summed E-state index contributed by atoms with van der Waals surface area (Å²) in [5, 5.41) is 0. The van der Waals surface area contributed by atoms with Crippen molar-refractivity contribution in [3.8, 4) is 0 Å². The van der Waals surface area contributed by atoms with E-state index in [1.165, 1.54) is 32.1 Å². The van der Waals surface area contributed by atoms with Gasteiger partial charge in [-0.05, 0) is 25.7 Å². The molecule has 0 N–H and O–H groups in total. The van der Waals surface area contributed by atoms with Gasteiger partial charge in [0.05, 0.1) is 0 Å². The van der Waals surface area contributed by atoms with Crippen LogP contribution in [0.2, 0.25) is 23.4 Å². The molecule has 2 aliphatic carbocycles. The van der Waals surface area contributed by atoms with E-state index in [1.54, 1.807) is 4.51 Å². The summed E-state index contributed by atoms with van der Waals surface area (Å²) in [5.74, 6) is 9.62. The maximum absolute atomic E-state index is 2.41. The van der Waals surface area contributed by atoms with Gasteiger partial charge in [-0.2, -0.15) is 0 Å². The molecule has 0 spiro atoms. The van der Waals surface area contributed by atoms with Gasteiger partial charge in [-0.3, -0.25) is 0 Å². The second-order valence-corrected chi connectivity index (χ2v) is 15.0. The molecule has 0 bridgehead atoms. The van der Waals surface area contributed by atoms with Crippen molar-refractivity contribution in [3.63, 3.8) is 0 Å². The standard InChI is InChI=1S/C8H12.C5H5.4CH3.Co/c1-2-4-6-8-7-5-3-1;1-2-4-5-3-1;;;;;/h1-2,7-8H,3-6H2;1-3H,4H2;4*1H3;/b2-1-,8-7-;;;;;;. The Balaban J connectivity index is 0.000000184. The summed E-state index contributed by atoms with van der Waals surface area (Å²) in [7, 11) is 0. The molecule has 0 amide bonds. The monoisotopic (exact) mass is 292 g/mol. The molecule has 0 fully saturated rings. The third-order valence-corrected chi connectivity index (χ3v) is 5.96. The van der Waals surface area contributed by atoms with E-state index in [2.05, 4.69) is 66.0 Å². The first-order chi connectivity index (χ1) is 8.36. The van der Waals surface area contributed by atoms with Gasteiger partial charge in [0.1, 0.15) is 0 Å². The Kier molecular flexibility index (Phi) is 5.67. The van der Waals surface area contributed by atoms with Crippen LogP contribution < -0.4 is 0 Å². The van der Waals surface area contributed by atoms with E-state index in [9.17, 15) is 0 Å². The van der Waals surface area contributed by atoms with Crippen LogP contribution in [0.15, 0.2) is 47.0 Å². The normalized spacial score (nSPS) is 24.7. The summed E-state index contributed by atoms with van der Waals surface area (Å²) in [4.78, 5) is 0. The van der Waals surface area contributed by atoms with E-state index in [4.69, 9.17) is 0 Å². The van der Waals surface area contributed by atoms with E-state index in [1.807, 2.05) is 0 Å². The van der Waals surface area contributed by atoms with Crippen LogP contribution in [0.4, 0.5) is 0 Å². The average Bonchev–Trinajstić information content (AvgIpc) is 2.67. The molecule has 0 saturated carbocycles. The molecule has 1 heteroatoms. The predicted octanol–water partition coefficient (Wildman–Crippen LogP) is 6.39. The van der Waals surface area contributed by atoms with Crippen LogP contribution >= 0.6 is 0 Å². The second-order valence-electron chi connectivity index (χ2n) is 5.98. The van der Waals surface area contributed by atoms with Crippen molar-refractivity contribution in [1.29, 1.82) is 0 Å².